The Labute approximate surface area is 156 Å². The van der Waals surface area contributed by atoms with Crippen molar-refractivity contribution in [3.8, 4) is 11.5 Å². The summed E-state index contributed by atoms with van der Waals surface area (Å²) in [4.78, 5) is 39.4. The third-order valence-corrected chi connectivity index (χ3v) is 4.21. The molecular formula is C18H21N3O6. The number of morpholine rings is 1. The quantitative estimate of drug-likeness (QED) is 0.575. The average Bonchev–Trinajstić information content (AvgIpc) is 2.92. The second-order valence-corrected chi connectivity index (χ2v) is 6.03. The van der Waals surface area contributed by atoms with E-state index in [9.17, 15) is 19.5 Å². The van der Waals surface area contributed by atoms with Crippen LogP contribution in [-0.2, 0) is 14.3 Å². The number of nitrogens with zero attached hydrogens (tertiary/aromatic N) is 2. The summed E-state index contributed by atoms with van der Waals surface area (Å²) in [5.74, 6) is -0.611. The number of ether oxygens (including phenoxy) is 2. The van der Waals surface area contributed by atoms with Gasteiger partial charge >= 0.3 is 6.03 Å². The van der Waals surface area contributed by atoms with Crippen LogP contribution in [0.4, 0.5) is 4.79 Å². The lowest BCUT2D eigenvalue weighted by atomic mass is 10.1. The summed E-state index contributed by atoms with van der Waals surface area (Å²) in [5, 5.41) is 12.2. The van der Waals surface area contributed by atoms with E-state index in [0.29, 0.717) is 38.5 Å². The highest BCUT2D eigenvalue weighted by Gasteiger charge is 2.36. The van der Waals surface area contributed by atoms with Gasteiger partial charge in [-0.1, -0.05) is 6.07 Å². The molecule has 2 aliphatic heterocycles. The van der Waals surface area contributed by atoms with E-state index < -0.39 is 11.9 Å². The summed E-state index contributed by atoms with van der Waals surface area (Å²) >= 11 is 0. The molecule has 9 heteroatoms. The van der Waals surface area contributed by atoms with Crippen molar-refractivity contribution in [3.05, 3.63) is 29.5 Å². The number of benzene rings is 1. The van der Waals surface area contributed by atoms with E-state index in [-0.39, 0.29) is 29.6 Å². The van der Waals surface area contributed by atoms with Crippen LogP contribution in [0.3, 0.4) is 0 Å². The fourth-order valence-electron chi connectivity index (χ4n) is 2.82. The molecule has 0 atom stereocenters. The molecule has 0 bridgehead atoms. The minimum absolute atomic E-state index is 0.0153. The van der Waals surface area contributed by atoms with Crippen molar-refractivity contribution >= 4 is 23.9 Å². The lowest BCUT2D eigenvalue weighted by molar-refractivity contribution is -0.139. The van der Waals surface area contributed by atoms with Gasteiger partial charge in [0.1, 0.15) is 12.2 Å². The van der Waals surface area contributed by atoms with Crippen molar-refractivity contribution in [3.63, 3.8) is 0 Å². The normalized spacial score (nSPS) is 18.8. The molecule has 0 radical (unpaired) electrons. The number of hydrogen-bond donors (Lipinski definition) is 2. The Morgan fingerprint density at radius 3 is 2.78 bits per heavy atom. The van der Waals surface area contributed by atoms with Gasteiger partial charge in [0.2, 0.25) is 5.91 Å². The van der Waals surface area contributed by atoms with Gasteiger partial charge < -0.3 is 24.8 Å². The van der Waals surface area contributed by atoms with Crippen molar-refractivity contribution in [2.24, 2.45) is 0 Å². The molecular weight excluding hydrogens is 354 g/mol. The lowest BCUT2D eigenvalue weighted by Crippen LogP contribution is -2.47. The number of hydrogen-bond acceptors (Lipinski definition) is 6. The number of imide groups is 1. The molecule has 3 rings (SSSR count). The van der Waals surface area contributed by atoms with E-state index in [0.717, 1.165) is 4.90 Å². The molecule has 0 unspecified atom stereocenters. The van der Waals surface area contributed by atoms with E-state index in [1.54, 1.807) is 24.0 Å². The first-order chi connectivity index (χ1) is 13.0. The molecule has 0 aromatic heterocycles. The SMILES string of the molecule is CCOc1cc(/C=C2\NC(=O)N(CC(=O)N3CCOCC3)C2=O)ccc1O. The van der Waals surface area contributed by atoms with Crippen LogP contribution in [0.5, 0.6) is 11.5 Å². The number of carbonyl (C=O) groups is 3. The molecule has 0 saturated carbocycles. The van der Waals surface area contributed by atoms with E-state index in [1.165, 1.54) is 12.1 Å². The molecule has 9 nitrogen and oxygen atoms in total. The standard InChI is InChI=1S/C18H21N3O6/c1-2-27-15-10-12(3-4-14(15)22)9-13-17(24)21(18(25)19-13)11-16(23)20-5-7-26-8-6-20/h3-4,9-10,22H,2,5-8,11H2,1H3,(H,19,25)/b13-9-. The fourth-order valence-corrected chi connectivity index (χ4v) is 2.82. The first kappa shape index (κ1) is 18.7. The Morgan fingerprint density at radius 1 is 1.33 bits per heavy atom. The summed E-state index contributed by atoms with van der Waals surface area (Å²) in [6, 6.07) is 3.95. The zero-order valence-corrected chi connectivity index (χ0v) is 14.9. The largest absolute Gasteiger partial charge is 0.504 e. The fraction of sp³-hybridized carbons (Fsp3) is 0.389. The number of phenolic OH excluding ortho intramolecular Hbond substituents is 1. The molecule has 2 aliphatic rings. The van der Waals surface area contributed by atoms with Gasteiger partial charge in [0.05, 0.1) is 19.8 Å². The molecule has 0 spiro atoms. The van der Waals surface area contributed by atoms with Gasteiger partial charge in [0.25, 0.3) is 5.91 Å². The molecule has 2 fully saturated rings. The summed E-state index contributed by atoms with van der Waals surface area (Å²) in [7, 11) is 0. The Bertz CT molecular complexity index is 785. The predicted octanol–water partition coefficient (Wildman–Crippen LogP) is 0.542. The molecule has 1 aromatic carbocycles. The Balaban J connectivity index is 1.72. The number of carbonyl (C=O) groups excluding carboxylic acids is 3. The highest BCUT2D eigenvalue weighted by Crippen LogP contribution is 2.28. The summed E-state index contributed by atoms with van der Waals surface area (Å²) in [6.07, 6.45) is 1.47. The molecule has 2 N–H and O–H groups in total. The van der Waals surface area contributed by atoms with Crippen LogP contribution >= 0.6 is 0 Å². The zero-order chi connectivity index (χ0) is 19.4. The Kier molecular flexibility index (Phi) is 5.60. The Hall–Kier alpha value is -3.07. The Morgan fingerprint density at radius 2 is 2.07 bits per heavy atom. The smallest absolute Gasteiger partial charge is 0.329 e. The first-order valence-corrected chi connectivity index (χ1v) is 8.65. The molecule has 144 valence electrons. The number of urea groups is 1. The van der Waals surface area contributed by atoms with Crippen LogP contribution in [0.15, 0.2) is 23.9 Å². The van der Waals surface area contributed by atoms with Crippen LogP contribution in [0.25, 0.3) is 6.08 Å². The van der Waals surface area contributed by atoms with Crippen molar-refractivity contribution in [2.75, 3.05) is 39.5 Å². The lowest BCUT2D eigenvalue weighted by Gasteiger charge is -2.27. The number of rotatable bonds is 5. The van der Waals surface area contributed by atoms with Gasteiger partial charge in [0.15, 0.2) is 11.5 Å². The number of nitrogens with one attached hydrogen (secondary N) is 1. The topological polar surface area (TPSA) is 108 Å². The maximum absolute atomic E-state index is 12.5. The molecule has 4 amide bonds. The van der Waals surface area contributed by atoms with Gasteiger partial charge in [-0.25, -0.2) is 9.69 Å². The number of phenols is 1. The summed E-state index contributed by atoms with van der Waals surface area (Å²) in [6.45, 7) is 3.62. The minimum Gasteiger partial charge on any atom is -0.504 e. The maximum Gasteiger partial charge on any atom is 0.329 e. The summed E-state index contributed by atoms with van der Waals surface area (Å²) < 4.78 is 10.5. The third kappa shape index (κ3) is 4.20. The van der Waals surface area contributed by atoms with Crippen molar-refractivity contribution in [1.29, 1.82) is 0 Å². The van der Waals surface area contributed by atoms with Crippen LogP contribution in [0.1, 0.15) is 12.5 Å². The maximum atomic E-state index is 12.5. The van der Waals surface area contributed by atoms with Crippen molar-refractivity contribution < 1.29 is 29.0 Å². The van der Waals surface area contributed by atoms with E-state index >= 15 is 0 Å². The monoisotopic (exact) mass is 375 g/mol. The van der Waals surface area contributed by atoms with Gasteiger partial charge in [-0.15, -0.1) is 0 Å². The van der Waals surface area contributed by atoms with Gasteiger partial charge in [-0.3, -0.25) is 9.59 Å². The first-order valence-electron chi connectivity index (χ1n) is 8.65. The van der Waals surface area contributed by atoms with Crippen LogP contribution in [0.2, 0.25) is 0 Å². The minimum atomic E-state index is -0.642. The van der Waals surface area contributed by atoms with E-state index in [2.05, 4.69) is 5.32 Å². The second kappa shape index (κ2) is 8.09. The van der Waals surface area contributed by atoms with Crippen LogP contribution in [0, 0.1) is 0 Å². The molecule has 2 saturated heterocycles. The predicted molar refractivity (Wildman–Crippen MR) is 94.9 cm³/mol. The molecule has 1 aromatic rings. The molecule has 2 heterocycles. The van der Waals surface area contributed by atoms with Crippen molar-refractivity contribution in [1.82, 2.24) is 15.1 Å². The highest BCUT2D eigenvalue weighted by molar-refractivity contribution is 6.15. The van der Waals surface area contributed by atoms with Crippen LogP contribution < -0.4 is 10.1 Å². The molecule has 27 heavy (non-hydrogen) atoms. The van der Waals surface area contributed by atoms with E-state index in [1.807, 2.05) is 0 Å². The van der Waals surface area contributed by atoms with Gasteiger partial charge in [-0.05, 0) is 30.7 Å². The average molecular weight is 375 g/mol. The summed E-state index contributed by atoms with van der Waals surface area (Å²) in [5.41, 5.74) is 0.629. The third-order valence-electron chi connectivity index (χ3n) is 4.21. The molecule has 0 aliphatic carbocycles. The number of aromatic hydroxyl groups is 1. The van der Waals surface area contributed by atoms with Gasteiger partial charge in [0, 0.05) is 13.1 Å². The second-order valence-electron chi connectivity index (χ2n) is 6.03. The highest BCUT2D eigenvalue weighted by atomic mass is 16.5. The van der Waals surface area contributed by atoms with Crippen molar-refractivity contribution in [2.45, 2.75) is 6.92 Å². The van der Waals surface area contributed by atoms with Gasteiger partial charge in [-0.2, -0.15) is 0 Å². The zero-order valence-electron chi connectivity index (χ0n) is 14.9. The number of amides is 4. The van der Waals surface area contributed by atoms with Crippen LogP contribution in [-0.4, -0.2) is 72.2 Å². The van der Waals surface area contributed by atoms with E-state index in [4.69, 9.17) is 9.47 Å².